The fraction of sp³-hybridized carbons (Fsp3) is 0.0323. The van der Waals surface area contributed by atoms with Crippen molar-refractivity contribution in [1.29, 1.82) is 0 Å². The predicted molar refractivity (Wildman–Crippen MR) is 293 cm³/mol. The van der Waals surface area contributed by atoms with E-state index in [1.807, 2.05) is 22.7 Å². The molecule has 10 aromatic carbocycles. The summed E-state index contributed by atoms with van der Waals surface area (Å²) in [6.45, 7) is 4.25. The van der Waals surface area contributed by atoms with Crippen LogP contribution in [0, 0.1) is 13.8 Å². The first-order valence-electron chi connectivity index (χ1n) is 23.2. The first-order chi connectivity index (χ1) is 33.9. The summed E-state index contributed by atoms with van der Waals surface area (Å²) >= 11 is 3.67. The first-order valence-corrected chi connectivity index (χ1v) is 24.8. The van der Waals surface area contributed by atoms with E-state index < -0.39 is 0 Å². The summed E-state index contributed by atoms with van der Waals surface area (Å²) in [6, 6.07) is 70.0. The second kappa shape index (κ2) is 14.6. The zero-order valence-corrected chi connectivity index (χ0v) is 39.0. The van der Waals surface area contributed by atoms with Gasteiger partial charge in [0.15, 0.2) is 0 Å². The van der Waals surface area contributed by atoms with Crippen LogP contribution in [-0.4, -0.2) is 0 Å². The standard InChI is InChI=1S/C62H38N2O3S2/c1-35-11-15-37(16-12-35)63(39-21-25-61-51(27-39)45-7-3-5-9-59(45)68-61)41-19-23-43-47-31-57-49(33-55(47)65-53(43)29-41)50-34-56-48(32-58(50)67-57)44-24-20-42(30-54(44)66-56)64(38-17-13-36(2)14-18-38)40-22-26-62-52(28-40)46-8-4-6-10-60(46)69-62/h3-34H,1-2H3. The van der Waals surface area contributed by atoms with Crippen LogP contribution in [0.25, 0.3) is 106 Å². The van der Waals surface area contributed by atoms with E-state index in [2.05, 4.69) is 218 Å². The van der Waals surface area contributed by atoms with E-state index in [0.717, 1.165) is 99.9 Å². The number of hydrogen-bond acceptors (Lipinski definition) is 7. The molecule has 0 atom stereocenters. The minimum Gasteiger partial charge on any atom is -0.456 e. The van der Waals surface area contributed by atoms with E-state index in [9.17, 15) is 0 Å². The smallest absolute Gasteiger partial charge is 0.137 e. The monoisotopic (exact) mass is 922 g/mol. The summed E-state index contributed by atoms with van der Waals surface area (Å²) in [5, 5.41) is 11.2. The maximum Gasteiger partial charge on any atom is 0.137 e. The second-order valence-corrected chi connectivity index (χ2v) is 20.4. The van der Waals surface area contributed by atoms with Crippen LogP contribution >= 0.6 is 22.7 Å². The predicted octanol–water partition coefficient (Wildman–Crippen LogP) is 19.7. The highest BCUT2D eigenvalue weighted by molar-refractivity contribution is 7.26. The largest absolute Gasteiger partial charge is 0.456 e. The van der Waals surface area contributed by atoms with E-state index in [4.69, 9.17) is 13.3 Å². The van der Waals surface area contributed by atoms with Crippen molar-refractivity contribution in [2.45, 2.75) is 13.8 Å². The van der Waals surface area contributed by atoms with Crippen LogP contribution in [0.4, 0.5) is 34.1 Å². The van der Waals surface area contributed by atoms with Gasteiger partial charge in [0, 0.05) is 119 Å². The van der Waals surface area contributed by atoms with Crippen LogP contribution in [0.2, 0.25) is 0 Å². The summed E-state index contributed by atoms with van der Waals surface area (Å²) in [7, 11) is 0. The number of fused-ring (bicyclic) bond motifs is 15. The molecule has 0 spiro atoms. The van der Waals surface area contributed by atoms with Crippen molar-refractivity contribution in [1.82, 2.24) is 0 Å². The Morgan fingerprint density at radius 3 is 1.00 bits per heavy atom. The average Bonchev–Trinajstić information content (AvgIpc) is 4.19. The number of rotatable bonds is 6. The van der Waals surface area contributed by atoms with E-state index >= 15 is 0 Å². The van der Waals surface area contributed by atoms with Gasteiger partial charge in [-0.15, -0.1) is 22.7 Å². The molecular formula is C62H38N2O3S2. The van der Waals surface area contributed by atoms with Crippen LogP contribution in [0.5, 0.6) is 0 Å². The number of anilines is 6. The second-order valence-electron chi connectivity index (χ2n) is 18.3. The molecule has 0 amide bonds. The molecule has 0 bridgehead atoms. The topological polar surface area (TPSA) is 45.9 Å². The van der Waals surface area contributed by atoms with Gasteiger partial charge in [0.1, 0.15) is 33.5 Å². The molecule has 15 aromatic rings. The zero-order valence-electron chi connectivity index (χ0n) is 37.4. The molecule has 15 rings (SSSR count). The molecule has 0 radical (unpaired) electrons. The number of nitrogens with zero attached hydrogens (tertiary/aromatic N) is 2. The van der Waals surface area contributed by atoms with Gasteiger partial charge in [-0.05, 0) is 135 Å². The van der Waals surface area contributed by atoms with Crippen LogP contribution < -0.4 is 9.80 Å². The van der Waals surface area contributed by atoms with Gasteiger partial charge in [-0.1, -0.05) is 71.8 Å². The fourth-order valence-electron chi connectivity index (χ4n) is 10.6. The lowest BCUT2D eigenvalue weighted by Crippen LogP contribution is -2.09. The molecule has 5 nitrogen and oxygen atoms in total. The Balaban J connectivity index is 0.830. The van der Waals surface area contributed by atoms with Gasteiger partial charge < -0.3 is 23.1 Å². The highest BCUT2D eigenvalue weighted by Crippen LogP contribution is 2.46. The Hall–Kier alpha value is -8.36. The van der Waals surface area contributed by atoms with Crippen molar-refractivity contribution in [2.75, 3.05) is 9.80 Å². The van der Waals surface area contributed by atoms with E-state index in [-0.39, 0.29) is 0 Å². The molecule has 5 heterocycles. The van der Waals surface area contributed by atoms with Crippen molar-refractivity contribution >= 4 is 163 Å². The zero-order chi connectivity index (χ0) is 45.5. The Kier molecular flexibility index (Phi) is 8.18. The summed E-state index contributed by atoms with van der Waals surface area (Å²) in [4.78, 5) is 4.65. The van der Waals surface area contributed by atoms with Gasteiger partial charge in [0.05, 0.1) is 0 Å². The molecule has 0 aliphatic carbocycles. The van der Waals surface area contributed by atoms with Gasteiger partial charge >= 0.3 is 0 Å². The third-order valence-corrected chi connectivity index (χ3v) is 16.3. The third kappa shape index (κ3) is 6.01. The lowest BCUT2D eigenvalue weighted by atomic mass is 10.1. The number of aryl methyl sites for hydroxylation is 2. The Bertz CT molecular complexity index is 4300. The molecule has 0 aliphatic heterocycles. The summed E-state index contributed by atoms with van der Waals surface area (Å²) in [5.41, 5.74) is 13.7. The maximum absolute atomic E-state index is 6.77. The Labute approximate surface area is 402 Å². The molecule has 69 heavy (non-hydrogen) atoms. The van der Waals surface area contributed by atoms with Gasteiger partial charge in [0.25, 0.3) is 0 Å². The van der Waals surface area contributed by atoms with Crippen LogP contribution in [0.3, 0.4) is 0 Å². The summed E-state index contributed by atoms with van der Waals surface area (Å²) in [6.07, 6.45) is 0. The maximum atomic E-state index is 6.77. The lowest BCUT2D eigenvalue weighted by Gasteiger charge is -2.25. The van der Waals surface area contributed by atoms with Crippen LogP contribution in [0.1, 0.15) is 11.1 Å². The van der Waals surface area contributed by atoms with Crippen molar-refractivity contribution in [3.05, 3.63) is 205 Å². The Morgan fingerprint density at radius 1 is 0.261 bits per heavy atom. The number of benzene rings is 10. The minimum atomic E-state index is 0.810. The normalized spacial score (nSPS) is 12.2. The fourth-order valence-corrected chi connectivity index (χ4v) is 12.7. The minimum absolute atomic E-state index is 0.810. The van der Waals surface area contributed by atoms with Crippen molar-refractivity contribution in [2.24, 2.45) is 0 Å². The van der Waals surface area contributed by atoms with E-state index in [1.54, 1.807) is 0 Å². The highest BCUT2D eigenvalue weighted by atomic mass is 32.1. The van der Waals surface area contributed by atoms with Gasteiger partial charge in [-0.3, -0.25) is 0 Å². The SMILES string of the molecule is Cc1ccc(N(c2ccc3c(c2)oc2cc4c(cc23)oc2cc3c(cc24)oc2cc(N(c4ccc(C)cc4)c4ccc5sc6ccccc6c5c4)ccc23)c2ccc3sc4ccccc4c3c2)cc1. The number of furan rings is 3. The van der Waals surface area contributed by atoms with Crippen molar-refractivity contribution < 1.29 is 13.3 Å². The van der Waals surface area contributed by atoms with E-state index in [1.165, 1.54) is 51.5 Å². The average molecular weight is 923 g/mol. The van der Waals surface area contributed by atoms with Crippen LogP contribution in [-0.2, 0) is 0 Å². The molecule has 0 fully saturated rings. The quantitative estimate of drug-likeness (QED) is 0.166. The molecular weight excluding hydrogens is 885 g/mol. The third-order valence-electron chi connectivity index (χ3n) is 14.0. The molecule has 0 unspecified atom stereocenters. The molecule has 0 aliphatic rings. The van der Waals surface area contributed by atoms with Gasteiger partial charge in [-0.2, -0.15) is 0 Å². The van der Waals surface area contributed by atoms with Gasteiger partial charge in [-0.25, -0.2) is 0 Å². The number of thiophene rings is 2. The highest BCUT2D eigenvalue weighted by Gasteiger charge is 2.22. The molecule has 5 aromatic heterocycles. The molecule has 7 heteroatoms. The first kappa shape index (κ1) is 38.7. The van der Waals surface area contributed by atoms with Gasteiger partial charge in [0.2, 0.25) is 0 Å². The summed E-state index contributed by atoms with van der Waals surface area (Å²) in [5.74, 6) is 0. The summed E-state index contributed by atoms with van der Waals surface area (Å²) < 4.78 is 25.4. The molecule has 0 saturated carbocycles. The molecule has 0 saturated heterocycles. The van der Waals surface area contributed by atoms with Crippen LogP contribution in [0.15, 0.2) is 207 Å². The Morgan fingerprint density at radius 2 is 0.580 bits per heavy atom. The van der Waals surface area contributed by atoms with Crippen molar-refractivity contribution in [3.8, 4) is 0 Å². The number of hydrogen-bond donors (Lipinski definition) is 0. The molecule has 0 N–H and O–H groups in total. The van der Waals surface area contributed by atoms with Crippen molar-refractivity contribution in [3.63, 3.8) is 0 Å². The lowest BCUT2D eigenvalue weighted by molar-refractivity contribution is 0.662. The van der Waals surface area contributed by atoms with E-state index in [0.29, 0.717) is 0 Å². The molecule has 326 valence electrons.